The first-order valence-electron chi connectivity index (χ1n) is 5.70. The molecular weight excluding hydrogens is 196 g/mol. The van der Waals surface area contributed by atoms with Crippen LogP contribution in [0.5, 0.6) is 0 Å². The lowest BCUT2D eigenvalue weighted by Crippen LogP contribution is -2.51. The number of piperidine rings is 1. The summed E-state index contributed by atoms with van der Waals surface area (Å²) in [6, 6.07) is -0.588. The zero-order valence-corrected chi connectivity index (χ0v) is 10.5. The summed E-state index contributed by atoms with van der Waals surface area (Å²) in [7, 11) is 1.81. The molecule has 0 bridgehead atoms. The lowest BCUT2D eigenvalue weighted by Gasteiger charge is -2.44. The molecular formula is C12H23F2N. The topological polar surface area (TPSA) is 3.24 Å². The van der Waals surface area contributed by atoms with E-state index in [1.807, 2.05) is 4.90 Å². The van der Waals surface area contributed by atoms with E-state index in [0.717, 1.165) is 19.9 Å². The first-order chi connectivity index (χ1) is 6.62. The molecule has 2 atom stereocenters. The second-order valence-corrected chi connectivity index (χ2v) is 6.04. The van der Waals surface area contributed by atoms with E-state index in [0.29, 0.717) is 12.3 Å². The van der Waals surface area contributed by atoms with Gasteiger partial charge in [0.05, 0.1) is 6.04 Å². The van der Waals surface area contributed by atoms with Crippen molar-refractivity contribution in [3.63, 3.8) is 0 Å². The molecule has 1 aliphatic heterocycles. The molecule has 1 aliphatic rings. The van der Waals surface area contributed by atoms with Crippen LogP contribution in [0.25, 0.3) is 0 Å². The smallest absolute Gasteiger partial charge is 0.260 e. The minimum absolute atomic E-state index is 0.144. The van der Waals surface area contributed by atoms with Gasteiger partial charge in [-0.1, -0.05) is 20.8 Å². The Morgan fingerprint density at radius 3 is 2.07 bits per heavy atom. The summed E-state index contributed by atoms with van der Waals surface area (Å²) in [5.74, 6) is -2.18. The number of nitrogens with zero attached hydrogens (tertiary/aromatic N) is 1. The van der Waals surface area contributed by atoms with Crippen LogP contribution in [0.4, 0.5) is 8.78 Å². The summed E-state index contributed by atoms with van der Waals surface area (Å²) < 4.78 is 26.8. The van der Waals surface area contributed by atoms with Gasteiger partial charge in [-0.15, -0.1) is 0 Å². The summed E-state index contributed by atoms with van der Waals surface area (Å²) in [6.45, 7) is 8.27. The van der Waals surface area contributed by atoms with Gasteiger partial charge in [-0.25, -0.2) is 8.78 Å². The fourth-order valence-electron chi connectivity index (χ4n) is 2.46. The zero-order valence-electron chi connectivity index (χ0n) is 10.5. The summed E-state index contributed by atoms with van der Waals surface area (Å²) in [6.07, 6.45) is 1.65. The molecule has 3 heteroatoms. The first kappa shape index (κ1) is 12.9. The van der Waals surface area contributed by atoms with Crippen molar-refractivity contribution in [3.05, 3.63) is 0 Å². The SMILES string of the molecule is CN1CCC(C(C)(C)C)CC1C(C)(F)F. The summed E-state index contributed by atoms with van der Waals surface area (Å²) in [4.78, 5) is 1.81. The van der Waals surface area contributed by atoms with Gasteiger partial charge >= 0.3 is 0 Å². The molecule has 90 valence electrons. The number of hydrogen-bond acceptors (Lipinski definition) is 1. The van der Waals surface area contributed by atoms with Crippen LogP contribution in [0.3, 0.4) is 0 Å². The van der Waals surface area contributed by atoms with E-state index in [1.165, 1.54) is 0 Å². The van der Waals surface area contributed by atoms with Gasteiger partial charge in [0.2, 0.25) is 0 Å². The lowest BCUT2D eigenvalue weighted by atomic mass is 9.72. The Labute approximate surface area is 91.8 Å². The Bertz CT molecular complexity index is 215. The Kier molecular flexibility index (Phi) is 3.44. The third-order valence-electron chi connectivity index (χ3n) is 3.68. The maximum Gasteiger partial charge on any atom is 0.260 e. The summed E-state index contributed by atoms with van der Waals surface area (Å²) in [5.41, 5.74) is 0.144. The van der Waals surface area contributed by atoms with Gasteiger partial charge in [-0.2, -0.15) is 0 Å². The maximum absolute atomic E-state index is 13.4. The van der Waals surface area contributed by atoms with E-state index < -0.39 is 12.0 Å². The van der Waals surface area contributed by atoms with Crippen molar-refractivity contribution >= 4 is 0 Å². The lowest BCUT2D eigenvalue weighted by molar-refractivity contribution is -0.0901. The van der Waals surface area contributed by atoms with E-state index >= 15 is 0 Å². The van der Waals surface area contributed by atoms with Crippen LogP contribution in [0.2, 0.25) is 0 Å². The molecule has 0 aromatic rings. The van der Waals surface area contributed by atoms with Crippen molar-refractivity contribution in [2.24, 2.45) is 11.3 Å². The monoisotopic (exact) mass is 219 g/mol. The van der Waals surface area contributed by atoms with Gasteiger partial charge in [0, 0.05) is 6.92 Å². The molecule has 0 amide bonds. The molecule has 0 aromatic carbocycles. The summed E-state index contributed by atoms with van der Waals surface area (Å²) in [5, 5.41) is 0. The highest BCUT2D eigenvalue weighted by molar-refractivity contribution is 4.91. The average molecular weight is 219 g/mol. The van der Waals surface area contributed by atoms with E-state index in [9.17, 15) is 8.78 Å². The third kappa shape index (κ3) is 3.13. The molecule has 1 fully saturated rings. The minimum atomic E-state index is -2.58. The van der Waals surface area contributed by atoms with Crippen LogP contribution in [0.1, 0.15) is 40.5 Å². The average Bonchev–Trinajstić information content (AvgIpc) is 2.00. The standard InChI is InChI=1S/C12H23F2N/c1-11(2,3)9-6-7-15(5)10(8-9)12(4,13)14/h9-10H,6-8H2,1-5H3. The number of hydrogen-bond donors (Lipinski definition) is 0. The highest BCUT2D eigenvalue weighted by Gasteiger charge is 2.43. The molecule has 0 aliphatic carbocycles. The van der Waals surface area contributed by atoms with Crippen LogP contribution in [0.15, 0.2) is 0 Å². The van der Waals surface area contributed by atoms with Crippen molar-refractivity contribution in [2.75, 3.05) is 13.6 Å². The molecule has 0 aromatic heterocycles. The van der Waals surface area contributed by atoms with Gasteiger partial charge in [0.1, 0.15) is 0 Å². The molecule has 0 saturated carbocycles. The molecule has 1 nitrogen and oxygen atoms in total. The molecule has 0 radical (unpaired) electrons. The fraction of sp³-hybridized carbons (Fsp3) is 1.00. The molecule has 1 heterocycles. The predicted molar refractivity (Wildman–Crippen MR) is 59.2 cm³/mol. The second kappa shape index (κ2) is 4.00. The second-order valence-electron chi connectivity index (χ2n) is 6.04. The Morgan fingerprint density at radius 2 is 1.67 bits per heavy atom. The highest BCUT2D eigenvalue weighted by atomic mass is 19.3. The largest absolute Gasteiger partial charge is 0.298 e. The van der Waals surface area contributed by atoms with Crippen molar-refractivity contribution < 1.29 is 8.78 Å². The van der Waals surface area contributed by atoms with Crippen LogP contribution < -0.4 is 0 Å². The van der Waals surface area contributed by atoms with Crippen LogP contribution in [-0.4, -0.2) is 30.5 Å². The van der Waals surface area contributed by atoms with Gasteiger partial charge in [0.25, 0.3) is 5.92 Å². The van der Waals surface area contributed by atoms with Crippen LogP contribution in [0, 0.1) is 11.3 Å². The molecule has 1 rings (SSSR count). The van der Waals surface area contributed by atoms with Gasteiger partial charge < -0.3 is 0 Å². The number of alkyl halides is 2. The zero-order chi connectivity index (χ0) is 11.9. The van der Waals surface area contributed by atoms with E-state index in [2.05, 4.69) is 20.8 Å². The number of likely N-dealkylation sites (tertiary alicyclic amines) is 1. The van der Waals surface area contributed by atoms with Gasteiger partial charge in [-0.3, -0.25) is 4.90 Å². The van der Waals surface area contributed by atoms with Gasteiger partial charge in [-0.05, 0) is 37.8 Å². The van der Waals surface area contributed by atoms with E-state index in [1.54, 1.807) is 7.05 Å². The number of halogens is 2. The normalized spacial score (nSPS) is 30.6. The third-order valence-corrected chi connectivity index (χ3v) is 3.68. The van der Waals surface area contributed by atoms with Crippen molar-refractivity contribution in [1.29, 1.82) is 0 Å². The van der Waals surface area contributed by atoms with E-state index in [4.69, 9.17) is 0 Å². The predicted octanol–water partition coefficient (Wildman–Crippen LogP) is 3.40. The number of rotatable bonds is 1. The van der Waals surface area contributed by atoms with Crippen molar-refractivity contribution in [2.45, 2.75) is 52.5 Å². The Hall–Kier alpha value is -0.180. The van der Waals surface area contributed by atoms with Crippen LogP contribution in [-0.2, 0) is 0 Å². The van der Waals surface area contributed by atoms with E-state index in [-0.39, 0.29) is 5.41 Å². The minimum Gasteiger partial charge on any atom is -0.298 e. The van der Waals surface area contributed by atoms with Crippen LogP contribution >= 0.6 is 0 Å². The van der Waals surface area contributed by atoms with Gasteiger partial charge in [0.15, 0.2) is 0 Å². The Morgan fingerprint density at radius 1 is 1.13 bits per heavy atom. The first-order valence-corrected chi connectivity index (χ1v) is 5.70. The summed E-state index contributed by atoms with van der Waals surface area (Å²) >= 11 is 0. The van der Waals surface area contributed by atoms with Crippen molar-refractivity contribution in [3.8, 4) is 0 Å². The molecule has 2 unspecified atom stereocenters. The molecule has 15 heavy (non-hydrogen) atoms. The van der Waals surface area contributed by atoms with Crippen molar-refractivity contribution in [1.82, 2.24) is 4.90 Å². The fourth-order valence-corrected chi connectivity index (χ4v) is 2.46. The maximum atomic E-state index is 13.4. The Balaban J connectivity index is 2.73. The molecule has 1 saturated heterocycles. The quantitative estimate of drug-likeness (QED) is 0.653. The highest BCUT2D eigenvalue weighted by Crippen LogP contribution is 2.40. The molecule has 0 spiro atoms. The molecule has 0 N–H and O–H groups in total.